The molecular weight excluding hydrogens is 367 g/mol. The third-order valence-electron chi connectivity index (χ3n) is 7.15. The smallest absolute Gasteiger partial charge is 0.249 e. The molecule has 2 N–H and O–H groups in total. The van der Waals surface area contributed by atoms with Crippen LogP contribution in [0.4, 0.5) is 4.39 Å². The zero-order chi connectivity index (χ0) is 20.5. The first-order valence-electron chi connectivity index (χ1n) is 10.0. The number of amides is 2. The van der Waals surface area contributed by atoms with Crippen LogP contribution in [0, 0.1) is 11.7 Å². The number of benzene rings is 2. The molecule has 1 aliphatic heterocycles. The summed E-state index contributed by atoms with van der Waals surface area (Å²) in [5, 5.41) is 0. The highest BCUT2D eigenvalue weighted by Crippen LogP contribution is 2.57. The molecule has 4 nitrogen and oxygen atoms in total. The van der Waals surface area contributed by atoms with Crippen molar-refractivity contribution in [3.63, 3.8) is 0 Å². The van der Waals surface area contributed by atoms with Crippen LogP contribution in [0.15, 0.2) is 43.0 Å². The fourth-order valence-electron chi connectivity index (χ4n) is 5.99. The second kappa shape index (κ2) is 6.02. The number of piperidine rings is 1. The van der Waals surface area contributed by atoms with Crippen LogP contribution in [-0.4, -0.2) is 28.8 Å². The lowest BCUT2D eigenvalue weighted by atomic mass is 9.80. The maximum absolute atomic E-state index is 15.5. The summed E-state index contributed by atoms with van der Waals surface area (Å²) in [6.07, 6.45) is 3.51. The van der Waals surface area contributed by atoms with Gasteiger partial charge in [-0.15, -0.1) is 0 Å². The Morgan fingerprint density at radius 1 is 1.31 bits per heavy atom. The molecule has 5 heteroatoms. The van der Waals surface area contributed by atoms with Gasteiger partial charge in [-0.3, -0.25) is 9.59 Å². The second-order valence-electron chi connectivity index (χ2n) is 8.80. The Hall–Kier alpha value is -2.95. The van der Waals surface area contributed by atoms with E-state index in [9.17, 15) is 9.59 Å². The third kappa shape index (κ3) is 2.43. The summed E-state index contributed by atoms with van der Waals surface area (Å²) >= 11 is 0. The van der Waals surface area contributed by atoms with Gasteiger partial charge in [0.25, 0.3) is 0 Å². The fraction of sp³-hybridized carbons (Fsp3) is 0.333. The Balaban J connectivity index is 1.66. The first-order chi connectivity index (χ1) is 13.8. The molecule has 0 radical (unpaired) electrons. The Morgan fingerprint density at radius 3 is 2.72 bits per heavy atom. The predicted octanol–water partition coefficient (Wildman–Crippen LogP) is 3.78. The molecule has 29 heavy (non-hydrogen) atoms. The van der Waals surface area contributed by atoms with Crippen LogP contribution in [-0.2, 0) is 11.2 Å². The van der Waals surface area contributed by atoms with Crippen LogP contribution in [0.2, 0.25) is 0 Å². The van der Waals surface area contributed by atoms with Crippen LogP contribution < -0.4 is 5.73 Å². The van der Waals surface area contributed by atoms with E-state index < -0.39 is 5.91 Å². The van der Waals surface area contributed by atoms with Crippen molar-refractivity contribution in [1.29, 1.82) is 0 Å². The fourth-order valence-corrected chi connectivity index (χ4v) is 5.99. The molecule has 2 amide bonds. The SMILES string of the molecule is C=CC(=O)N1C[C@H]2C[C@]1(C)CC2c1c(F)cc(C(N)=O)c2c1-c1ccccc1C2. The third-order valence-corrected chi connectivity index (χ3v) is 7.15. The minimum absolute atomic E-state index is 0.00991. The van der Waals surface area contributed by atoms with Crippen molar-refractivity contribution in [2.75, 3.05) is 6.54 Å². The van der Waals surface area contributed by atoms with Crippen molar-refractivity contribution in [3.05, 3.63) is 71.1 Å². The minimum atomic E-state index is -0.595. The van der Waals surface area contributed by atoms with Crippen molar-refractivity contribution in [1.82, 2.24) is 4.90 Å². The molecule has 5 rings (SSSR count). The first kappa shape index (κ1) is 18.1. The van der Waals surface area contributed by atoms with Crippen molar-refractivity contribution in [2.45, 2.75) is 37.6 Å². The molecule has 1 heterocycles. The quantitative estimate of drug-likeness (QED) is 0.692. The summed E-state index contributed by atoms with van der Waals surface area (Å²) in [5.41, 5.74) is 10.0. The summed E-state index contributed by atoms with van der Waals surface area (Å²) < 4.78 is 15.5. The number of hydrogen-bond donors (Lipinski definition) is 1. The van der Waals surface area contributed by atoms with Crippen molar-refractivity contribution >= 4 is 11.8 Å². The first-order valence-corrected chi connectivity index (χ1v) is 10.0. The van der Waals surface area contributed by atoms with Crippen LogP contribution in [0.1, 0.15) is 52.7 Å². The molecule has 3 aliphatic rings. The van der Waals surface area contributed by atoms with Gasteiger partial charge in [-0.05, 0) is 78.0 Å². The zero-order valence-corrected chi connectivity index (χ0v) is 16.4. The summed E-state index contributed by atoms with van der Waals surface area (Å²) in [6.45, 7) is 6.31. The average molecular weight is 390 g/mol. The molecule has 2 aromatic carbocycles. The Labute approximate surface area is 169 Å². The van der Waals surface area contributed by atoms with Gasteiger partial charge in [0.2, 0.25) is 11.8 Å². The number of carbonyl (C=O) groups is 2. The van der Waals surface area contributed by atoms with Gasteiger partial charge in [-0.2, -0.15) is 0 Å². The second-order valence-corrected chi connectivity index (χ2v) is 8.80. The molecule has 1 unspecified atom stereocenters. The van der Waals surface area contributed by atoms with Crippen molar-refractivity contribution in [2.24, 2.45) is 11.7 Å². The zero-order valence-electron chi connectivity index (χ0n) is 16.4. The number of hydrogen-bond acceptors (Lipinski definition) is 2. The molecule has 2 fully saturated rings. The van der Waals surface area contributed by atoms with E-state index >= 15 is 4.39 Å². The molecule has 0 aromatic heterocycles. The van der Waals surface area contributed by atoms with E-state index in [-0.39, 0.29) is 34.7 Å². The Kier molecular flexibility index (Phi) is 3.76. The largest absolute Gasteiger partial charge is 0.366 e. The van der Waals surface area contributed by atoms with E-state index in [4.69, 9.17) is 5.73 Å². The average Bonchev–Trinajstić information content (AvgIpc) is 3.34. The number of nitrogens with two attached hydrogens (primary N) is 1. The van der Waals surface area contributed by atoms with Crippen LogP contribution >= 0.6 is 0 Å². The van der Waals surface area contributed by atoms with Gasteiger partial charge < -0.3 is 10.6 Å². The van der Waals surface area contributed by atoms with E-state index in [0.29, 0.717) is 24.9 Å². The van der Waals surface area contributed by atoms with Gasteiger partial charge in [-0.1, -0.05) is 30.8 Å². The summed E-state index contributed by atoms with van der Waals surface area (Å²) in [5.74, 6) is -0.821. The van der Waals surface area contributed by atoms with Crippen LogP contribution in [0.5, 0.6) is 0 Å². The van der Waals surface area contributed by atoms with Gasteiger partial charge in [0.05, 0.1) is 0 Å². The molecule has 148 valence electrons. The number of fused-ring (bicyclic) bond motifs is 5. The number of rotatable bonds is 3. The Bertz CT molecular complexity index is 1090. The molecule has 2 bridgehead atoms. The molecule has 0 spiro atoms. The van der Waals surface area contributed by atoms with Gasteiger partial charge in [0.15, 0.2) is 0 Å². The maximum atomic E-state index is 15.5. The molecule has 2 aliphatic carbocycles. The van der Waals surface area contributed by atoms with E-state index in [1.807, 2.05) is 29.2 Å². The Morgan fingerprint density at radius 2 is 2.07 bits per heavy atom. The van der Waals surface area contributed by atoms with Gasteiger partial charge >= 0.3 is 0 Å². The van der Waals surface area contributed by atoms with Gasteiger partial charge in [-0.25, -0.2) is 4.39 Å². The monoisotopic (exact) mass is 390 g/mol. The highest BCUT2D eigenvalue weighted by Gasteiger charge is 2.55. The summed E-state index contributed by atoms with van der Waals surface area (Å²) in [4.78, 5) is 26.2. The topological polar surface area (TPSA) is 63.4 Å². The highest BCUT2D eigenvalue weighted by molar-refractivity contribution is 5.99. The van der Waals surface area contributed by atoms with Crippen molar-refractivity contribution in [3.8, 4) is 11.1 Å². The van der Waals surface area contributed by atoms with Crippen molar-refractivity contribution < 1.29 is 14.0 Å². The van der Waals surface area contributed by atoms with E-state index in [2.05, 4.69) is 13.5 Å². The predicted molar refractivity (Wildman–Crippen MR) is 109 cm³/mol. The normalized spacial score (nSPS) is 26.3. The maximum Gasteiger partial charge on any atom is 0.249 e. The summed E-state index contributed by atoms with van der Waals surface area (Å²) in [7, 11) is 0. The number of likely N-dealkylation sites (tertiary alicyclic amines) is 1. The number of halogens is 1. The highest BCUT2D eigenvalue weighted by atomic mass is 19.1. The molecule has 3 atom stereocenters. The van der Waals surface area contributed by atoms with Gasteiger partial charge in [0, 0.05) is 17.6 Å². The van der Waals surface area contributed by atoms with E-state index in [1.165, 1.54) is 12.1 Å². The van der Waals surface area contributed by atoms with Gasteiger partial charge in [0.1, 0.15) is 5.82 Å². The number of primary amides is 1. The standard InChI is InChI=1S/C24H23FN2O2/c1-3-20(28)27-12-14-10-24(27,2)11-18(14)22-19(25)9-17(23(26)29)16-8-13-6-4-5-7-15(13)21(16)22/h3-7,9,14,18H,1,8,10-12H2,2H3,(H2,26,29)/t14-,18?,24-/m1/s1. The lowest BCUT2D eigenvalue weighted by molar-refractivity contribution is -0.130. The minimum Gasteiger partial charge on any atom is -0.366 e. The molecule has 2 aromatic rings. The molecule has 1 saturated carbocycles. The van der Waals surface area contributed by atoms with Crippen LogP contribution in [0.25, 0.3) is 11.1 Å². The lowest BCUT2D eigenvalue weighted by Gasteiger charge is -2.39. The lowest BCUT2D eigenvalue weighted by Crippen LogP contribution is -2.46. The number of carbonyl (C=O) groups excluding carboxylic acids is 2. The van der Waals surface area contributed by atoms with E-state index in [0.717, 1.165) is 28.7 Å². The molecule has 1 saturated heterocycles. The van der Waals surface area contributed by atoms with Crippen LogP contribution in [0.3, 0.4) is 0 Å². The number of nitrogens with zero attached hydrogens (tertiary/aromatic N) is 1. The molecular formula is C24H23FN2O2. The van der Waals surface area contributed by atoms with E-state index in [1.54, 1.807) is 0 Å². The summed E-state index contributed by atoms with van der Waals surface area (Å²) in [6, 6.07) is 9.25.